The molecule has 0 unspecified atom stereocenters. The van der Waals surface area contributed by atoms with E-state index in [0.29, 0.717) is 0 Å². The van der Waals surface area contributed by atoms with E-state index in [1.54, 1.807) is 0 Å². The van der Waals surface area contributed by atoms with Crippen LogP contribution in [0.1, 0.15) is 31.7 Å². The van der Waals surface area contributed by atoms with Gasteiger partial charge in [-0.1, -0.05) is 38.0 Å². The van der Waals surface area contributed by atoms with Crippen molar-refractivity contribution in [3.05, 3.63) is 41.6 Å². The summed E-state index contributed by atoms with van der Waals surface area (Å²) in [5.74, 6) is -0.384. The molecular weight excluding hydrogens is 250 g/mol. The monoisotopic (exact) mass is 271 g/mol. The van der Waals surface area contributed by atoms with Crippen LogP contribution in [0.2, 0.25) is 0 Å². The first-order valence-corrected chi connectivity index (χ1v) is 6.89. The molecular formula is C16H21N3O. The maximum absolute atomic E-state index is 12.0. The van der Waals surface area contributed by atoms with Crippen molar-refractivity contribution in [1.82, 2.24) is 5.32 Å². The van der Waals surface area contributed by atoms with Crippen LogP contribution in [-0.2, 0) is 4.79 Å². The Bertz CT molecular complexity index is 515. The second-order valence-electron chi connectivity index (χ2n) is 4.60. The summed E-state index contributed by atoms with van der Waals surface area (Å²) >= 11 is 0. The number of para-hydroxylation sites is 1. The van der Waals surface area contributed by atoms with Gasteiger partial charge in [-0.05, 0) is 25.0 Å². The van der Waals surface area contributed by atoms with Gasteiger partial charge in [0.25, 0.3) is 5.91 Å². The predicted octanol–water partition coefficient (Wildman–Crippen LogP) is 3.12. The van der Waals surface area contributed by atoms with Gasteiger partial charge in [-0.25, -0.2) is 0 Å². The zero-order chi connectivity index (χ0) is 14.8. The van der Waals surface area contributed by atoms with Crippen molar-refractivity contribution in [3.63, 3.8) is 0 Å². The minimum Gasteiger partial charge on any atom is -0.390 e. The number of carbonyl (C=O) groups is 1. The fraction of sp³-hybridized carbons (Fsp3) is 0.375. The first-order valence-electron chi connectivity index (χ1n) is 6.89. The Morgan fingerprint density at radius 3 is 2.75 bits per heavy atom. The Balaban J connectivity index is 2.57. The highest BCUT2D eigenvalue weighted by molar-refractivity contribution is 6.06. The average Bonchev–Trinajstić information content (AvgIpc) is 2.45. The van der Waals surface area contributed by atoms with E-state index in [-0.39, 0.29) is 11.5 Å². The maximum Gasteiger partial charge on any atom is 0.267 e. The zero-order valence-electron chi connectivity index (χ0n) is 12.1. The van der Waals surface area contributed by atoms with Crippen molar-refractivity contribution in [2.24, 2.45) is 0 Å². The average molecular weight is 271 g/mol. The van der Waals surface area contributed by atoms with Crippen LogP contribution in [-0.4, -0.2) is 12.5 Å². The summed E-state index contributed by atoms with van der Waals surface area (Å²) in [6, 6.07) is 9.40. The van der Waals surface area contributed by atoms with E-state index >= 15 is 0 Å². The van der Waals surface area contributed by atoms with Gasteiger partial charge >= 0.3 is 0 Å². The number of nitriles is 1. The Kier molecular flexibility index (Phi) is 6.91. The molecule has 0 aliphatic carbocycles. The minimum atomic E-state index is -0.384. The topological polar surface area (TPSA) is 64.9 Å². The van der Waals surface area contributed by atoms with Gasteiger partial charge in [0.05, 0.1) is 0 Å². The summed E-state index contributed by atoms with van der Waals surface area (Å²) in [6.45, 7) is 4.82. The SMILES string of the molecule is CCCCCN/C=C(/C#N)C(=O)Nc1ccccc1C. The molecule has 0 aliphatic heterocycles. The quantitative estimate of drug-likeness (QED) is 0.455. The Hall–Kier alpha value is -2.28. The summed E-state index contributed by atoms with van der Waals surface area (Å²) in [5.41, 5.74) is 1.78. The number of hydrogen-bond acceptors (Lipinski definition) is 3. The standard InChI is InChI=1S/C16H21N3O/c1-3-4-7-10-18-12-14(11-17)16(20)19-15-9-6-5-8-13(15)2/h5-6,8-9,12,18H,3-4,7,10H2,1-2H3,(H,19,20)/b14-12-. The van der Waals surface area contributed by atoms with Crippen LogP contribution in [0, 0.1) is 18.3 Å². The van der Waals surface area contributed by atoms with Gasteiger partial charge < -0.3 is 10.6 Å². The van der Waals surface area contributed by atoms with Crippen molar-refractivity contribution in [2.75, 3.05) is 11.9 Å². The van der Waals surface area contributed by atoms with Crippen LogP contribution in [0.4, 0.5) is 5.69 Å². The third-order valence-electron chi connectivity index (χ3n) is 2.93. The predicted molar refractivity (Wildman–Crippen MR) is 81.0 cm³/mol. The van der Waals surface area contributed by atoms with Gasteiger partial charge in [-0.3, -0.25) is 4.79 Å². The molecule has 0 saturated carbocycles. The van der Waals surface area contributed by atoms with E-state index in [1.807, 2.05) is 37.3 Å². The summed E-state index contributed by atoms with van der Waals surface area (Å²) in [6.07, 6.45) is 4.80. The number of nitrogens with one attached hydrogen (secondary N) is 2. The molecule has 0 atom stereocenters. The molecule has 0 saturated heterocycles. The van der Waals surface area contributed by atoms with E-state index in [4.69, 9.17) is 5.26 Å². The highest BCUT2D eigenvalue weighted by atomic mass is 16.1. The van der Waals surface area contributed by atoms with E-state index in [1.165, 1.54) is 6.20 Å². The van der Waals surface area contributed by atoms with Crippen LogP contribution in [0.3, 0.4) is 0 Å². The van der Waals surface area contributed by atoms with Gasteiger partial charge in [0, 0.05) is 18.4 Å². The van der Waals surface area contributed by atoms with E-state index in [2.05, 4.69) is 17.6 Å². The Morgan fingerprint density at radius 2 is 2.10 bits per heavy atom. The van der Waals surface area contributed by atoms with Crippen molar-refractivity contribution in [1.29, 1.82) is 5.26 Å². The van der Waals surface area contributed by atoms with E-state index in [0.717, 1.165) is 37.1 Å². The summed E-state index contributed by atoms with van der Waals surface area (Å²) in [5, 5.41) is 14.8. The maximum atomic E-state index is 12.0. The normalized spacial score (nSPS) is 10.8. The number of carbonyl (C=O) groups excluding carboxylic acids is 1. The smallest absolute Gasteiger partial charge is 0.267 e. The van der Waals surface area contributed by atoms with Gasteiger partial charge in [-0.15, -0.1) is 0 Å². The number of anilines is 1. The second-order valence-corrected chi connectivity index (χ2v) is 4.60. The van der Waals surface area contributed by atoms with Crippen LogP contribution in [0.25, 0.3) is 0 Å². The van der Waals surface area contributed by atoms with Gasteiger partial charge in [0.1, 0.15) is 11.6 Å². The number of amides is 1. The number of nitrogens with zero attached hydrogens (tertiary/aromatic N) is 1. The van der Waals surface area contributed by atoms with Gasteiger partial charge in [0.2, 0.25) is 0 Å². The molecule has 1 aromatic rings. The molecule has 0 radical (unpaired) electrons. The molecule has 0 heterocycles. The molecule has 1 rings (SSSR count). The van der Waals surface area contributed by atoms with Crippen molar-refractivity contribution < 1.29 is 4.79 Å². The fourth-order valence-electron chi connectivity index (χ4n) is 1.70. The highest BCUT2D eigenvalue weighted by Crippen LogP contribution is 2.13. The van der Waals surface area contributed by atoms with E-state index in [9.17, 15) is 4.79 Å². The number of rotatable bonds is 7. The first-order chi connectivity index (χ1) is 9.69. The minimum absolute atomic E-state index is 0.0877. The third-order valence-corrected chi connectivity index (χ3v) is 2.93. The number of aryl methyl sites for hydroxylation is 1. The molecule has 20 heavy (non-hydrogen) atoms. The fourth-order valence-corrected chi connectivity index (χ4v) is 1.70. The van der Waals surface area contributed by atoms with Crippen molar-refractivity contribution >= 4 is 11.6 Å². The summed E-state index contributed by atoms with van der Waals surface area (Å²) in [7, 11) is 0. The van der Waals surface area contributed by atoms with Crippen LogP contribution < -0.4 is 10.6 Å². The lowest BCUT2D eigenvalue weighted by Gasteiger charge is -2.07. The first kappa shape index (κ1) is 15.8. The molecule has 4 heteroatoms. The number of benzene rings is 1. The molecule has 1 amide bonds. The van der Waals surface area contributed by atoms with Crippen LogP contribution in [0.5, 0.6) is 0 Å². The largest absolute Gasteiger partial charge is 0.390 e. The number of unbranched alkanes of at least 4 members (excludes halogenated alkanes) is 2. The second kappa shape index (κ2) is 8.76. The number of hydrogen-bond donors (Lipinski definition) is 2. The Morgan fingerprint density at radius 1 is 1.35 bits per heavy atom. The van der Waals surface area contributed by atoms with Crippen molar-refractivity contribution in [2.45, 2.75) is 33.1 Å². The summed E-state index contributed by atoms with van der Waals surface area (Å²) in [4.78, 5) is 12.0. The Labute approximate surface area is 120 Å². The van der Waals surface area contributed by atoms with Gasteiger partial charge in [0.15, 0.2) is 0 Å². The molecule has 2 N–H and O–H groups in total. The van der Waals surface area contributed by atoms with E-state index < -0.39 is 0 Å². The molecule has 0 fully saturated rings. The lowest BCUT2D eigenvalue weighted by molar-refractivity contribution is -0.112. The van der Waals surface area contributed by atoms with Crippen molar-refractivity contribution in [3.8, 4) is 6.07 Å². The molecule has 0 aliphatic rings. The highest BCUT2D eigenvalue weighted by Gasteiger charge is 2.09. The summed E-state index contributed by atoms with van der Waals surface area (Å²) < 4.78 is 0. The molecule has 4 nitrogen and oxygen atoms in total. The molecule has 106 valence electrons. The zero-order valence-corrected chi connectivity index (χ0v) is 12.1. The van der Waals surface area contributed by atoms with Crippen LogP contribution in [0.15, 0.2) is 36.0 Å². The molecule has 0 bridgehead atoms. The van der Waals surface area contributed by atoms with Crippen LogP contribution >= 0.6 is 0 Å². The molecule has 0 aromatic heterocycles. The lowest BCUT2D eigenvalue weighted by atomic mass is 10.2. The van der Waals surface area contributed by atoms with Gasteiger partial charge in [-0.2, -0.15) is 5.26 Å². The molecule has 0 spiro atoms. The lowest BCUT2D eigenvalue weighted by Crippen LogP contribution is -2.17. The molecule has 1 aromatic carbocycles. The third kappa shape index (κ3) is 5.15.